The summed E-state index contributed by atoms with van der Waals surface area (Å²) in [5.41, 5.74) is 1.08. The summed E-state index contributed by atoms with van der Waals surface area (Å²) in [5, 5.41) is 14.4. The van der Waals surface area contributed by atoms with Gasteiger partial charge in [0.05, 0.1) is 26.3 Å². The van der Waals surface area contributed by atoms with Crippen molar-refractivity contribution in [2.75, 3.05) is 44.6 Å². The Bertz CT molecular complexity index is 915. The molecule has 1 aliphatic rings. The second-order valence-corrected chi connectivity index (χ2v) is 6.88. The van der Waals surface area contributed by atoms with Crippen molar-refractivity contribution in [1.29, 1.82) is 0 Å². The summed E-state index contributed by atoms with van der Waals surface area (Å²) < 4.78 is 15.9. The van der Waals surface area contributed by atoms with E-state index in [4.69, 9.17) is 14.2 Å². The fourth-order valence-corrected chi connectivity index (χ4v) is 3.57. The largest absolute Gasteiger partial charge is 0.493 e. The zero-order valence-electron chi connectivity index (χ0n) is 17.3. The molecule has 30 heavy (non-hydrogen) atoms. The number of methoxy groups -OCH3 is 3. The van der Waals surface area contributed by atoms with Gasteiger partial charge in [0.15, 0.2) is 11.5 Å². The van der Waals surface area contributed by atoms with Crippen LogP contribution in [0.25, 0.3) is 0 Å². The van der Waals surface area contributed by atoms with E-state index in [1.54, 1.807) is 24.3 Å². The molecule has 0 aromatic heterocycles. The van der Waals surface area contributed by atoms with Crippen LogP contribution in [-0.2, 0) is 0 Å². The highest BCUT2D eigenvalue weighted by molar-refractivity contribution is 6.05. The van der Waals surface area contributed by atoms with Gasteiger partial charge in [0, 0.05) is 42.5 Å². The predicted octanol–water partition coefficient (Wildman–Crippen LogP) is 3.86. The normalized spacial score (nSPS) is 13.5. The van der Waals surface area contributed by atoms with Crippen LogP contribution >= 0.6 is 0 Å². The van der Waals surface area contributed by atoms with Gasteiger partial charge in [-0.1, -0.05) is 0 Å². The Kier molecular flexibility index (Phi) is 6.61. The molecule has 1 N–H and O–H groups in total. The molecular formula is C21H25N3O6. The smallest absolute Gasteiger partial charge is 0.293 e. The molecule has 160 valence electrons. The molecule has 9 heteroatoms. The summed E-state index contributed by atoms with van der Waals surface area (Å²) in [6.07, 6.45) is 3.13. The maximum Gasteiger partial charge on any atom is 0.293 e. The molecule has 0 saturated carbocycles. The predicted molar refractivity (Wildman–Crippen MR) is 113 cm³/mol. The van der Waals surface area contributed by atoms with Gasteiger partial charge < -0.3 is 24.4 Å². The Balaban J connectivity index is 1.88. The monoisotopic (exact) mass is 415 g/mol. The molecule has 2 aromatic rings. The molecule has 0 bridgehead atoms. The highest BCUT2D eigenvalue weighted by Crippen LogP contribution is 2.40. The van der Waals surface area contributed by atoms with E-state index in [1.165, 1.54) is 27.4 Å². The number of nitrogens with one attached hydrogen (secondary N) is 1. The van der Waals surface area contributed by atoms with Crippen LogP contribution < -0.4 is 24.4 Å². The quantitative estimate of drug-likeness (QED) is 0.541. The minimum atomic E-state index is -0.474. The van der Waals surface area contributed by atoms with Crippen molar-refractivity contribution >= 4 is 23.0 Å². The van der Waals surface area contributed by atoms with E-state index in [0.29, 0.717) is 28.6 Å². The van der Waals surface area contributed by atoms with Crippen molar-refractivity contribution in [1.82, 2.24) is 0 Å². The Hall–Kier alpha value is -3.49. The van der Waals surface area contributed by atoms with Crippen molar-refractivity contribution in [3.8, 4) is 17.2 Å². The molecule has 1 saturated heterocycles. The van der Waals surface area contributed by atoms with Crippen LogP contribution in [0.4, 0.5) is 17.1 Å². The van der Waals surface area contributed by atoms with Crippen molar-refractivity contribution < 1.29 is 23.9 Å². The van der Waals surface area contributed by atoms with Crippen LogP contribution in [0.2, 0.25) is 0 Å². The first-order valence-corrected chi connectivity index (χ1v) is 9.63. The summed E-state index contributed by atoms with van der Waals surface area (Å²) in [7, 11) is 4.44. The Morgan fingerprint density at radius 1 is 1.00 bits per heavy atom. The summed E-state index contributed by atoms with van der Waals surface area (Å²) in [5.74, 6) is 0.703. The number of nitro groups is 1. The lowest BCUT2D eigenvalue weighted by Crippen LogP contribution is -2.30. The number of rotatable bonds is 7. The number of carbonyl (C=O) groups excluding carboxylic acids is 1. The lowest BCUT2D eigenvalue weighted by Gasteiger charge is -2.28. The molecule has 0 radical (unpaired) electrons. The van der Waals surface area contributed by atoms with Crippen LogP contribution in [0.3, 0.4) is 0 Å². The lowest BCUT2D eigenvalue weighted by molar-refractivity contribution is -0.384. The molecule has 0 spiro atoms. The van der Waals surface area contributed by atoms with Gasteiger partial charge in [-0.05, 0) is 31.4 Å². The minimum absolute atomic E-state index is 0.0746. The number of amides is 1. The summed E-state index contributed by atoms with van der Waals surface area (Å²) in [6.45, 7) is 1.55. The van der Waals surface area contributed by atoms with Crippen molar-refractivity contribution in [3.63, 3.8) is 0 Å². The molecule has 1 fully saturated rings. The van der Waals surface area contributed by atoms with E-state index >= 15 is 0 Å². The third-order valence-corrected chi connectivity index (χ3v) is 5.05. The summed E-state index contributed by atoms with van der Waals surface area (Å²) in [4.78, 5) is 26.0. The number of carbonyl (C=O) groups is 1. The number of benzene rings is 2. The number of hydrogen-bond donors (Lipinski definition) is 1. The van der Waals surface area contributed by atoms with Gasteiger partial charge in [0.1, 0.15) is 5.69 Å². The molecule has 0 unspecified atom stereocenters. The topological polar surface area (TPSA) is 103 Å². The maximum atomic E-state index is 12.8. The van der Waals surface area contributed by atoms with Gasteiger partial charge >= 0.3 is 0 Å². The standard InChI is InChI=1S/C21H25N3O6/c1-28-18-12-15(13-19(29-2)20(18)30-3)22-21(25)14-7-8-16(17(11-14)24(26)27)23-9-5-4-6-10-23/h7-8,11-13H,4-6,9-10H2,1-3H3,(H,22,25). The van der Waals surface area contributed by atoms with Crippen molar-refractivity contribution in [3.05, 3.63) is 46.0 Å². The van der Waals surface area contributed by atoms with Gasteiger partial charge in [0.25, 0.3) is 11.6 Å². The second kappa shape index (κ2) is 9.34. The first-order valence-electron chi connectivity index (χ1n) is 9.63. The molecule has 9 nitrogen and oxygen atoms in total. The van der Waals surface area contributed by atoms with Crippen LogP contribution in [0.5, 0.6) is 17.2 Å². The first kappa shape index (κ1) is 21.2. The number of nitro benzene ring substituents is 1. The van der Waals surface area contributed by atoms with E-state index in [9.17, 15) is 14.9 Å². The highest BCUT2D eigenvalue weighted by Gasteiger charge is 2.23. The Morgan fingerprint density at radius 3 is 2.17 bits per heavy atom. The van der Waals surface area contributed by atoms with Gasteiger partial charge in [-0.2, -0.15) is 0 Å². The Morgan fingerprint density at radius 2 is 1.63 bits per heavy atom. The molecule has 2 aromatic carbocycles. The van der Waals surface area contributed by atoms with Crippen LogP contribution in [-0.4, -0.2) is 45.2 Å². The SMILES string of the molecule is COc1cc(NC(=O)c2ccc(N3CCCCC3)c([N+](=O)[O-])c2)cc(OC)c1OC. The lowest BCUT2D eigenvalue weighted by atomic mass is 10.1. The van der Waals surface area contributed by atoms with Crippen molar-refractivity contribution in [2.45, 2.75) is 19.3 Å². The maximum absolute atomic E-state index is 12.8. The zero-order chi connectivity index (χ0) is 21.7. The molecule has 1 heterocycles. The second-order valence-electron chi connectivity index (χ2n) is 6.88. The first-order chi connectivity index (χ1) is 14.5. The molecule has 0 aliphatic carbocycles. The number of nitrogens with zero attached hydrogens (tertiary/aromatic N) is 2. The van der Waals surface area contributed by atoms with Crippen LogP contribution in [0.15, 0.2) is 30.3 Å². The summed E-state index contributed by atoms with van der Waals surface area (Å²) >= 11 is 0. The van der Waals surface area contributed by atoms with Gasteiger partial charge in [0.2, 0.25) is 5.75 Å². The molecule has 1 aliphatic heterocycles. The van der Waals surface area contributed by atoms with E-state index in [-0.39, 0.29) is 11.3 Å². The molecular weight excluding hydrogens is 390 g/mol. The fourth-order valence-electron chi connectivity index (χ4n) is 3.57. The van der Waals surface area contributed by atoms with E-state index in [1.807, 2.05) is 4.90 Å². The zero-order valence-corrected chi connectivity index (χ0v) is 17.3. The van der Waals surface area contributed by atoms with E-state index in [0.717, 1.165) is 32.4 Å². The summed E-state index contributed by atoms with van der Waals surface area (Å²) in [6, 6.07) is 7.75. The molecule has 3 rings (SSSR count). The number of anilines is 2. The Labute approximate surface area is 174 Å². The number of ether oxygens (including phenoxy) is 3. The highest BCUT2D eigenvalue weighted by atomic mass is 16.6. The van der Waals surface area contributed by atoms with Gasteiger partial charge in [-0.3, -0.25) is 14.9 Å². The average Bonchev–Trinajstić information content (AvgIpc) is 2.78. The molecule has 1 amide bonds. The van der Waals surface area contributed by atoms with Gasteiger partial charge in [-0.25, -0.2) is 0 Å². The third-order valence-electron chi connectivity index (χ3n) is 5.05. The minimum Gasteiger partial charge on any atom is -0.493 e. The van der Waals surface area contributed by atoms with Crippen molar-refractivity contribution in [2.24, 2.45) is 0 Å². The number of hydrogen-bond acceptors (Lipinski definition) is 7. The van der Waals surface area contributed by atoms with Crippen LogP contribution in [0.1, 0.15) is 29.6 Å². The number of piperidine rings is 1. The van der Waals surface area contributed by atoms with E-state index in [2.05, 4.69) is 5.32 Å². The molecule has 0 atom stereocenters. The fraction of sp³-hybridized carbons (Fsp3) is 0.381. The van der Waals surface area contributed by atoms with Gasteiger partial charge in [-0.15, -0.1) is 0 Å². The third kappa shape index (κ3) is 4.40. The van der Waals surface area contributed by atoms with Crippen LogP contribution in [0, 0.1) is 10.1 Å². The van der Waals surface area contributed by atoms with E-state index < -0.39 is 10.8 Å². The average molecular weight is 415 g/mol.